The average molecular weight is 238 g/mol. The van der Waals surface area contributed by atoms with E-state index in [9.17, 15) is 5.11 Å². The number of rotatable bonds is 2. The highest BCUT2D eigenvalue weighted by Crippen LogP contribution is 2.21. The minimum atomic E-state index is 0.168. The number of aromatic hydroxyl groups is 1. The van der Waals surface area contributed by atoms with Gasteiger partial charge in [0.25, 0.3) is 0 Å². The Labute approximate surface area is 103 Å². The number of benzene rings is 1. The van der Waals surface area contributed by atoms with Crippen LogP contribution in [0.5, 0.6) is 5.75 Å². The molecular formula is C14H10N2O2. The van der Waals surface area contributed by atoms with Crippen LogP contribution in [0.1, 0.15) is 11.5 Å². The van der Waals surface area contributed by atoms with E-state index in [4.69, 9.17) is 4.42 Å². The molecule has 3 aromatic rings. The van der Waals surface area contributed by atoms with Gasteiger partial charge in [-0.3, -0.25) is 4.98 Å². The number of pyridine rings is 1. The van der Waals surface area contributed by atoms with Crippen LogP contribution in [-0.2, 0) is 0 Å². The van der Waals surface area contributed by atoms with Crippen LogP contribution >= 0.6 is 0 Å². The molecule has 88 valence electrons. The fraction of sp³-hybridized carbons (Fsp3) is 0. The van der Waals surface area contributed by atoms with Crippen molar-refractivity contribution in [2.24, 2.45) is 0 Å². The van der Waals surface area contributed by atoms with Crippen molar-refractivity contribution in [2.75, 3.05) is 0 Å². The lowest BCUT2D eigenvalue weighted by Gasteiger charge is -1.88. The molecular weight excluding hydrogens is 228 g/mol. The minimum Gasteiger partial charge on any atom is -0.508 e. The number of fused-ring (bicyclic) bond motifs is 1. The van der Waals surface area contributed by atoms with Gasteiger partial charge in [-0.2, -0.15) is 0 Å². The first-order valence-electron chi connectivity index (χ1n) is 5.49. The summed E-state index contributed by atoms with van der Waals surface area (Å²) in [6, 6.07) is 8.65. The van der Waals surface area contributed by atoms with Crippen molar-refractivity contribution in [1.29, 1.82) is 0 Å². The molecule has 4 heteroatoms. The lowest BCUT2D eigenvalue weighted by Crippen LogP contribution is -1.74. The Kier molecular flexibility index (Phi) is 2.53. The number of hydrogen-bond donors (Lipinski definition) is 1. The maximum atomic E-state index is 9.33. The smallest absolute Gasteiger partial charge is 0.220 e. The number of phenols is 1. The van der Waals surface area contributed by atoms with E-state index in [1.807, 2.05) is 18.2 Å². The van der Waals surface area contributed by atoms with E-state index >= 15 is 0 Å². The maximum Gasteiger partial charge on any atom is 0.220 e. The molecule has 0 bridgehead atoms. The highest BCUT2D eigenvalue weighted by molar-refractivity contribution is 5.77. The summed E-state index contributed by atoms with van der Waals surface area (Å²) >= 11 is 0. The third kappa shape index (κ3) is 2.08. The van der Waals surface area contributed by atoms with Gasteiger partial charge in [-0.25, -0.2) is 4.98 Å². The van der Waals surface area contributed by atoms with E-state index in [0.717, 1.165) is 11.1 Å². The summed E-state index contributed by atoms with van der Waals surface area (Å²) in [5.41, 5.74) is 2.27. The molecule has 0 unspecified atom stereocenters. The zero-order chi connectivity index (χ0) is 12.4. The van der Waals surface area contributed by atoms with Crippen LogP contribution in [0.3, 0.4) is 0 Å². The highest BCUT2D eigenvalue weighted by atomic mass is 16.3. The first-order chi connectivity index (χ1) is 8.81. The first-order valence-corrected chi connectivity index (χ1v) is 5.49. The topological polar surface area (TPSA) is 59.2 Å². The molecule has 0 saturated carbocycles. The van der Waals surface area contributed by atoms with Gasteiger partial charge in [0.15, 0.2) is 5.58 Å². The molecule has 1 N–H and O–H groups in total. The summed E-state index contributed by atoms with van der Waals surface area (Å²) < 4.78 is 5.49. The molecule has 2 heterocycles. The quantitative estimate of drug-likeness (QED) is 0.745. The first kappa shape index (κ1) is 10.5. The van der Waals surface area contributed by atoms with Crippen molar-refractivity contribution in [3.05, 3.63) is 54.2 Å². The summed E-state index contributed by atoms with van der Waals surface area (Å²) in [5, 5.41) is 9.33. The largest absolute Gasteiger partial charge is 0.508 e. The molecule has 0 fully saturated rings. The zero-order valence-corrected chi connectivity index (χ0v) is 9.45. The van der Waals surface area contributed by atoms with Gasteiger partial charge in [0.1, 0.15) is 11.3 Å². The zero-order valence-electron chi connectivity index (χ0n) is 9.45. The Morgan fingerprint density at radius 3 is 2.94 bits per heavy atom. The van der Waals surface area contributed by atoms with Gasteiger partial charge < -0.3 is 9.52 Å². The molecule has 18 heavy (non-hydrogen) atoms. The predicted molar refractivity (Wildman–Crippen MR) is 68.8 cm³/mol. The monoisotopic (exact) mass is 238 g/mol. The molecule has 3 rings (SSSR count). The van der Waals surface area contributed by atoms with E-state index < -0.39 is 0 Å². The molecule has 0 aliphatic rings. The summed E-state index contributed by atoms with van der Waals surface area (Å²) in [7, 11) is 0. The van der Waals surface area contributed by atoms with Gasteiger partial charge in [-0.05, 0) is 29.8 Å². The van der Waals surface area contributed by atoms with Gasteiger partial charge in [0, 0.05) is 24.5 Å². The van der Waals surface area contributed by atoms with Crippen LogP contribution in [0, 0.1) is 0 Å². The van der Waals surface area contributed by atoms with E-state index in [2.05, 4.69) is 9.97 Å². The summed E-state index contributed by atoms with van der Waals surface area (Å²) in [6.45, 7) is 0. The van der Waals surface area contributed by atoms with Gasteiger partial charge >= 0.3 is 0 Å². The van der Waals surface area contributed by atoms with Crippen LogP contribution < -0.4 is 0 Å². The van der Waals surface area contributed by atoms with E-state index in [-0.39, 0.29) is 5.75 Å². The van der Waals surface area contributed by atoms with Gasteiger partial charge in [0.05, 0.1) is 0 Å². The molecule has 0 aliphatic heterocycles. The third-order valence-corrected chi connectivity index (χ3v) is 2.49. The van der Waals surface area contributed by atoms with E-state index in [0.29, 0.717) is 11.5 Å². The van der Waals surface area contributed by atoms with Crippen molar-refractivity contribution in [3.63, 3.8) is 0 Å². The Balaban J connectivity index is 1.93. The lowest BCUT2D eigenvalue weighted by molar-refractivity contribution is 0.474. The number of nitrogens with zero attached hydrogens (tertiary/aromatic N) is 2. The van der Waals surface area contributed by atoms with Crippen LogP contribution in [0.2, 0.25) is 0 Å². The molecule has 0 amide bonds. The van der Waals surface area contributed by atoms with Crippen molar-refractivity contribution in [3.8, 4) is 5.75 Å². The fourth-order valence-corrected chi connectivity index (χ4v) is 1.64. The second-order valence-electron chi connectivity index (χ2n) is 3.82. The molecule has 0 atom stereocenters. The van der Waals surface area contributed by atoms with Gasteiger partial charge in [0.2, 0.25) is 5.89 Å². The van der Waals surface area contributed by atoms with Crippen LogP contribution in [0.15, 0.2) is 47.1 Å². The van der Waals surface area contributed by atoms with Gasteiger partial charge in [-0.15, -0.1) is 0 Å². The Bertz CT molecular complexity index is 702. The molecule has 0 spiro atoms. The minimum absolute atomic E-state index is 0.168. The van der Waals surface area contributed by atoms with Crippen molar-refractivity contribution in [2.45, 2.75) is 0 Å². The Morgan fingerprint density at radius 2 is 2.11 bits per heavy atom. The third-order valence-electron chi connectivity index (χ3n) is 2.49. The van der Waals surface area contributed by atoms with E-state index in [1.54, 1.807) is 36.7 Å². The predicted octanol–water partition coefficient (Wildman–Crippen LogP) is 3.10. The normalized spacial score (nSPS) is 11.3. The number of phenolic OH excluding ortho intramolecular Hbond substituents is 1. The molecule has 0 saturated heterocycles. The van der Waals surface area contributed by atoms with Crippen molar-refractivity contribution in [1.82, 2.24) is 9.97 Å². The molecule has 4 nitrogen and oxygen atoms in total. The summed E-state index contributed by atoms with van der Waals surface area (Å²) in [5.74, 6) is 0.667. The van der Waals surface area contributed by atoms with Crippen LogP contribution in [0.25, 0.3) is 23.3 Å². The Hall–Kier alpha value is -2.62. The molecule has 2 aromatic heterocycles. The van der Waals surface area contributed by atoms with Crippen LogP contribution in [0.4, 0.5) is 0 Å². The van der Waals surface area contributed by atoms with Crippen LogP contribution in [-0.4, -0.2) is 15.1 Å². The fourth-order valence-electron chi connectivity index (χ4n) is 1.64. The molecule has 0 radical (unpaired) electrons. The van der Waals surface area contributed by atoms with Crippen molar-refractivity contribution >= 4 is 23.3 Å². The number of oxazole rings is 1. The summed E-state index contributed by atoms with van der Waals surface area (Å²) in [6.07, 6.45) is 7.12. The van der Waals surface area contributed by atoms with Gasteiger partial charge in [-0.1, -0.05) is 6.07 Å². The second kappa shape index (κ2) is 4.33. The highest BCUT2D eigenvalue weighted by Gasteiger charge is 2.03. The summed E-state index contributed by atoms with van der Waals surface area (Å²) in [4.78, 5) is 8.30. The SMILES string of the molecule is Oc1ccc2nc(/C=C/c3cccnc3)oc2c1. The van der Waals surface area contributed by atoms with E-state index in [1.165, 1.54) is 0 Å². The standard InChI is InChI=1S/C14H10N2O2/c17-11-4-5-12-13(8-11)18-14(16-12)6-3-10-2-1-7-15-9-10/h1-9,17H/b6-3+. The molecule has 0 aliphatic carbocycles. The number of hydrogen-bond acceptors (Lipinski definition) is 4. The average Bonchev–Trinajstić information content (AvgIpc) is 2.79. The maximum absolute atomic E-state index is 9.33. The second-order valence-corrected chi connectivity index (χ2v) is 3.82. The molecule has 1 aromatic carbocycles. The van der Waals surface area contributed by atoms with Crippen molar-refractivity contribution < 1.29 is 9.52 Å². The Morgan fingerprint density at radius 1 is 1.17 bits per heavy atom. The lowest BCUT2D eigenvalue weighted by atomic mass is 10.2. The number of aromatic nitrogens is 2.